The van der Waals surface area contributed by atoms with Crippen LogP contribution >= 0.6 is 0 Å². The van der Waals surface area contributed by atoms with Crippen molar-refractivity contribution < 1.29 is 47.4 Å². The van der Waals surface area contributed by atoms with E-state index in [1.54, 1.807) is 0 Å². The normalized spacial score (nSPS) is 12.9. The molecule has 0 saturated carbocycles. The summed E-state index contributed by atoms with van der Waals surface area (Å²) < 4.78 is 49.7. The minimum atomic E-state index is -5.53. The molecule has 0 aromatic heterocycles. The number of rotatable bonds is 14. The average molecular weight is 406 g/mol. The van der Waals surface area contributed by atoms with Gasteiger partial charge in [0.1, 0.15) is 0 Å². The van der Waals surface area contributed by atoms with E-state index in [1.807, 2.05) is 20.8 Å². The van der Waals surface area contributed by atoms with Crippen LogP contribution in [0.3, 0.4) is 0 Å². The zero-order chi connectivity index (χ0) is 16.2. The summed E-state index contributed by atoms with van der Waals surface area (Å²) in [6.07, 6.45) is 5.08. The zero-order valence-electron chi connectivity index (χ0n) is 13.3. The van der Waals surface area contributed by atoms with Gasteiger partial charge in [0.05, 0.1) is 0 Å². The summed E-state index contributed by atoms with van der Waals surface area (Å²) in [4.78, 5) is 0. The molecule has 0 spiro atoms. The van der Waals surface area contributed by atoms with Crippen molar-refractivity contribution in [2.45, 2.75) is 59.3 Å². The van der Waals surface area contributed by atoms with E-state index in [-0.39, 0.29) is 0 Å². The fraction of sp³-hybridized carbons (Fsp3) is 1.00. The van der Waals surface area contributed by atoms with E-state index in [4.69, 9.17) is 15.8 Å². The van der Waals surface area contributed by atoms with Crippen LogP contribution in [0.5, 0.6) is 0 Å². The van der Waals surface area contributed by atoms with Crippen molar-refractivity contribution in [1.82, 2.24) is 0 Å². The van der Waals surface area contributed by atoms with E-state index in [2.05, 4.69) is 0 Å². The molecule has 0 fully saturated rings. The van der Waals surface area contributed by atoms with Gasteiger partial charge in [0.2, 0.25) is 0 Å². The van der Waals surface area contributed by atoms with Gasteiger partial charge in [0.15, 0.2) is 0 Å². The summed E-state index contributed by atoms with van der Waals surface area (Å²) in [5.41, 5.74) is 0. The van der Waals surface area contributed by atoms with Crippen molar-refractivity contribution in [3.05, 3.63) is 0 Å². The molecule has 0 atom stereocenters. The molecule has 0 bridgehead atoms. The van der Waals surface area contributed by atoms with Gasteiger partial charge >= 0.3 is 136 Å². The molecule has 0 aliphatic rings. The minimum absolute atomic E-state index is 0.336. The van der Waals surface area contributed by atoms with Gasteiger partial charge in [-0.2, -0.15) is 0 Å². The Morgan fingerprint density at radius 1 is 0.714 bits per heavy atom. The van der Waals surface area contributed by atoms with Gasteiger partial charge in [0, 0.05) is 0 Å². The second-order valence-corrected chi connectivity index (χ2v) is 11.2. The first kappa shape index (κ1) is 21.8. The Morgan fingerprint density at radius 3 is 1.29 bits per heavy atom. The number of unbranched alkanes of at least 4 members (excludes halogenated alkanes) is 3. The summed E-state index contributed by atoms with van der Waals surface area (Å²) in [5, 5.41) is 0. The van der Waals surface area contributed by atoms with Crippen molar-refractivity contribution in [2.24, 2.45) is 0 Å². The molecule has 7 nitrogen and oxygen atoms in total. The maximum atomic E-state index is 9.32. The third-order valence-corrected chi connectivity index (χ3v) is 8.65. The fourth-order valence-corrected chi connectivity index (χ4v) is 7.13. The average Bonchev–Trinajstić information content (AvgIpc) is 2.38. The van der Waals surface area contributed by atoms with Crippen molar-refractivity contribution in [3.8, 4) is 0 Å². The molecule has 0 unspecified atom stereocenters. The molecule has 0 saturated heterocycles. The third-order valence-electron chi connectivity index (χ3n) is 2.59. The molecular weight excluding hydrogens is 375 g/mol. The van der Waals surface area contributed by atoms with Crippen LogP contribution in [0.25, 0.3) is 0 Å². The van der Waals surface area contributed by atoms with E-state index in [0.29, 0.717) is 19.8 Å². The SMILES string of the molecule is CCCCO[Si](OCCCC)(OCCCC)[O][Zr]([OH])([OH])[OH]. The van der Waals surface area contributed by atoms with Crippen molar-refractivity contribution in [1.29, 1.82) is 0 Å². The van der Waals surface area contributed by atoms with Gasteiger partial charge in [-0.3, -0.25) is 0 Å². The molecular formula is C12H30O7SiZr. The van der Waals surface area contributed by atoms with Gasteiger partial charge < -0.3 is 0 Å². The first-order valence-electron chi connectivity index (χ1n) is 7.68. The molecule has 21 heavy (non-hydrogen) atoms. The Bertz CT molecular complexity index is 224. The fourth-order valence-electron chi connectivity index (χ4n) is 1.41. The zero-order valence-corrected chi connectivity index (χ0v) is 16.8. The Labute approximate surface area is 135 Å². The van der Waals surface area contributed by atoms with Crippen LogP contribution in [0.2, 0.25) is 0 Å². The van der Waals surface area contributed by atoms with Crippen LogP contribution in [-0.4, -0.2) is 38.4 Å². The topological polar surface area (TPSA) is 97.6 Å². The summed E-state index contributed by atoms with van der Waals surface area (Å²) in [6, 6.07) is 0. The monoisotopic (exact) mass is 404 g/mol. The Morgan fingerprint density at radius 2 is 1.05 bits per heavy atom. The molecule has 3 N–H and O–H groups in total. The van der Waals surface area contributed by atoms with E-state index in [1.165, 1.54) is 0 Å². The Kier molecular flexibility index (Phi) is 12.7. The van der Waals surface area contributed by atoms with Gasteiger partial charge in [0.25, 0.3) is 0 Å². The molecule has 0 radical (unpaired) electrons. The predicted molar refractivity (Wildman–Crippen MR) is 76.1 cm³/mol. The van der Waals surface area contributed by atoms with Crippen LogP contribution < -0.4 is 0 Å². The van der Waals surface area contributed by atoms with Gasteiger partial charge in [-0.1, -0.05) is 0 Å². The van der Waals surface area contributed by atoms with Crippen LogP contribution in [0.15, 0.2) is 0 Å². The summed E-state index contributed by atoms with van der Waals surface area (Å²) in [6.45, 7) is 7.04. The molecule has 0 rings (SSSR count). The van der Waals surface area contributed by atoms with E-state index in [9.17, 15) is 9.55 Å². The number of hydrogen-bond donors (Lipinski definition) is 3. The van der Waals surface area contributed by atoms with Crippen molar-refractivity contribution in [3.63, 3.8) is 0 Å². The van der Waals surface area contributed by atoms with Crippen LogP contribution in [0, 0.1) is 0 Å². The second kappa shape index (κ2) is 12.3. The molecule has 0 amide bonds. The van der Waals surface area contributed by atoms with E-state index >= 15 is 0 Å². The summed E-state index contributed by atoms with van der Waals surface area (Å²) >= 11 is -5.53. The molecule has 0 aromatic carbocycles. The van der Waals surface area contributed by atoms with E-state index < -0.39 is 31.1 Å². The summed E-state index contributed by atoms with van der Waals surface area (Å²) in [5.74, 6) is 0. The summed E-state index contributed by atoms with van der Waals surface area (Å²) in [7, 11) is -3.70. The Hall–Kier alpha value is 0.820. The molecule has 0 aliphatic heterocycles. The van der Waals surface area contributed by atoms with Gasteiger partial charge in [-0.15, -0.1) is 0 Å². The quantitative estimate of drug-likeness (QED) is 0.299. The Balaban J connectivity index is 4.78. The molecule has 9 heteroatoms. The van der Waals surface area contributed by atoms with Gasteiger partial charge in [-0.05, 0) is 0 Å². The van der Waals surface area contributed by atoms with Crippen molar-refractivity contribution in [2.75, 3.05) is 19.8 Å². The van der Waals surface area contributed by atoms with Gasteiger partial charge in [-0.25, -0.2) is 0 Å². The number of hydrogen-bond acceptors (Lipinski definition) is 7. The molecule has 0 aromatic rings. The second-order valence-electron chi connectivity index (χ2n) is 4.78. The maximum absolute atomic E-state index is 9.32. The van der Waals surface area contributed by atoms with Crippen LogP contribution in [0.1, 0.15) is 59.3 Å². The third kappa shape index (κ3) is 12.0. The van der Waals surface area contributed by atoms with Crippen LogP contribution in [0.4, 0.5) is 0 Å². The molecule has 0 aliphatic carbocycles. The first-order chi connectivity index (χ1) is 9.89. The first-order valence-corrected chi connectivity index (χ1v) is 13.6. The van der Waals surface area contributed by atoms with Crippen molar-refractivity contribution >= 4 is 9.05 Å². The molecule has 128 valence electrons. The van der Waals surface area contributed by atoms with E-state index in [0.717, 1.165) is 38.5 Å². The predicted octanol–water partition coefficient (Wildman–Crippen LogP) is 1.68. The standard InChI is InChI=1S/C12H27O4Si.3H2O.Zr/c1-4-7-10-14-17(13,15-11-8-5-2)16-12-9-6-3;;;;/h4-12H2,1-3H3;3*1H2;/q-1;;;;+4/p-3. The molecule has 0 heterocycles. The van der Waals surface area contributed by atoms with Crippen LogP contribution in [-0.2, 0) is 37.8 Å².